The summed E-state index contributed by atoms with van der Waals surface area (Å²) in [4.78, 5) is 14.0. The van der Waals surface area contributed by atoms with Crippen molar-refractivity contribution in [1.29, 1.82) is 0 Å². The number of hydrogen-bond acceptors (Lipinski definition) is 4. The van der Waals surface area contributed by atoms with Crippen molar-refractivity contribution in [2.45, 2.75) is 25.6 Å². The van der Waals surface area contributed by atoms with E-state index in [4.69, 9.17) is 9.15 Å². The van der Waals surface area contributed by atoms with Crippen LogP contribution in [0.3, 0.4) is 0 Å². The van der Waals surface area contributed by atoms with Gasteiger partial charge in [-0.15, -0.1) is 0 Å². The number of para-hydroxylation sites is 1. The highest BCUT2D eigenvalue weighted by molar-refractivity contribution is 5.92. The zero-order valence-electron chi connectivity index (χ0n) is 13.1. The van der Waals surface area contributed by atoms with Crippen LogP contribution < -0.4 is 4.74 Å². The maximum atomic E-state index is 12.5. The van der Waals surface area contributed by atoms with Gasteiger partial charge in [0.25, 0.3) is 5.91 Å². The Balaban J connectivity index is 1.61. The highest BCUT2D eigenvalue weighted by Gasteiger charge is 2.32. The molecule has 5 nitrogen and oxygen atoms in total. The smallest absolute Gasteiger partial charge is 0.289 e. The number of amides is 1. The summed E-state index contributed by atoms with van der Waals surface area (Å²) in [6.07, 6.45) is 3.12. The molecule has 1 aliphatic carbocycles. The van der Waals surface area contributed by atoms with E-state index in [-0.39, 0.29) is 18.3 Å². The molecule has 5 heteroatoms. The van der Waals surface area contributed by atoms with Crippen LogP contribution in [0.2, 0.25) is 0 Å². The third kappa shape index (κ3) is 3.93. The molecule has 1 atom stereocenters. The van der Waals surface area contributed by atoms with Crippen LogP contribution in [-0.2, 0) is 6.61 Å². The quantitative estimate of drug-likeness (QED) is 0.853. The third-order valence-corrected chi connectivity index (χ3v) is 4.05. The Morgan fingerprint density at radius 2 is 2.09 bits per heavy atom. The summed E-state index contributed by atoms with van der Waals surface area (Å²) < 4.78 is 11.0. The zero-order chi connectivity index (χ0) is 16.2. The first kappa shape index (κ1) is 15.6. The van der Waals surface area contributed by atoms with Crippen molar-refractivity contribution in [1.82, 2.24) is 4.90 Å². The molecule has 1 unspecified atom stereocenters. The first-order chi connectivity index (χ1) is 11.1. The first-order valence-electron chi connectivity index (χ1n) is 7.83. The summed E-state index contributed by atoms with van der Waals surface area (Å²) >= 11 is 0. The van der Waals surface area contributed by atoms with Crippen molar-refractivity contribution in [3.8, 4) is 5.75 Å². The van der Waals surface area contributed by atoms with E-state index in [0.29, 0.717) is 18.0 Å². The van der Waals surface area contributed by atoms with Crippen LogP contribution in [0.4, 0.5) is 0 Å². The van der Waals surface area contributed by atoms with Gasteiger partial charge in [-0.05, 0) is 37.0 Å². The Labute approximate surface area is 135 Å². The van der Waals surface area contributed by atoms with E-state index in [0.717, 1.165) is 18.6 Å². The van der Waals surface area contributed by atoms with Crippen molar-refractivity contribution >= 4 is 5.91 Å². The number of carbonyl (C=O) groups is 1. The molecular weight excluding hydrogens is 294 g/mol. The molecule has 1 heterocycles. The van der Waals surface area contributed by atoms with Crippen molar-refractivity contribution in [3.63, 3.8) is 0 Å². The predicted molar refractivity (Wildman–Crippen MR) is 85.2 cm³/mol. The average Bonchev–Trinajstić information content (AvgIpc) is 3.32. The molecule has 0 bridgehead atoms. The van der Waals surface area contributed by atoms with Gasteiger partial charge < -0.3 is 19.2 Å². The van der Waals surface area contributed by atoms with E-state index >= 15 is 0 Å². The highest BCUT2D eigenvalue weighted by Crippen LogP contribution is 2.32. The van der Waals surface area contributed by atoms with Crippen LogP contribution in [0.25, 0.3) is 0 Å². The summed E-state index contributed by atoms with van der Waals surface area (Å²) in [5.74, 6) is 1.11. The Bertz CT molecular complexity index is 648. The highest BCUT2D eigenvalue weighted by atomic mass is 16.5. The topological polar surface area (TPSA) is 62.9 Å². The fraction of sp³-hybridized carbons (Fsp3) is 0.389. The van der Waals surface area contributed by atoms with Crippen LogP contribution in [0, 0.1) is 5.92 Å². The largest absolute Gasteiger partial charge is 0.489 e. The van der Waals surface area contributed by atoms with Gasteiger partial charge in [0.2, 0.25) is 0 Å². The number of hydrogen-bond donors (Lipinski definition) is 1. The normalized spacial score (nSPS) is 15.2. The van der Waals surface area contributed by atoms with Gasteiger partial charge in [-0.2, -0.15) is 0 Å². The minimum absolute atomic E-state index is 0.235. The average molecular weight is 315 g/mol. The van der Waals surface area contributed by atoms with Crippen molar-refractivity contribution in [2.75, 3.05) is 13.6 Å². The minimum atomic E-state index is -0.456. The zero-order valence-corrected chi connectivity index (χ0v) is 13.1. The maximum Gasteiger partial charge on any atom is 0.289 e. The van der Waals surface area contributed by atoms with Gasteiger partial charge in [0.05, 0.1) is 12.4 Å². The Morgan fingerprint density at radius 3 is 2.78 bits per heavy atom. The molecule has 122 valence electrons. The fourth-order valence-corrected chi connectivity index (χ4v) is 2.48. The molecule has 1 aromatic heterocycles. The second-order valence-electron chi connectivity index (χ2n) is 5.97. The number of ether oxygens (including phenoxy) is 1. The lowest BCUT2D eigenvalue weighted by Gasteiger charge is -2.20. The van der Waals surface area contributed by atoms with Gasteiger partial charge in [-0.3, -0.25) is 4.79 Å². The van der Waals surface area contributed by atoms with Crippen LogP contribution in [0.1, 0.15) is 29.0 Å². The molecule has 1 aliphatic rings. The van der Waals surface area contributed by atoms with Gasteiger partial charge in [0.1, 0.15) is 12.4 Å². The molecule has 3 rings (SSSR count). The van der Waals surface area contributed by atoms with E-state index in [1.165, 1.54) is 11.2 Å². The molecule has 1 amide bonds. The van der Waals surface area contributed by atoms with Gasteiger partial charge >= 0.3 is 0 Å². The van der Waals surface area contributed by atoms with Crippen molar-refractivity contribution in [2.24, 2.45) is 5.92 Å². The Kier molecular flexibility index (Phi) is 4.67. The molecular formula is C18H21NO4. The Hall–Kier alpha value is -2.27. The van der Waals surface area contributed by atoms with Gasteiger partial charge in [0, 0.05) is 19.2 Å². The van der Waals surface area contributed by atoms with Crippen LogP contribution >= 0.6 is 0 Å². The number of nitrogens with zero attached hydrogens (tertiary/aromatic N) is 1. The first-order valence-corrected chi connectivity index (χ1v) is 7.83. The SMILES string of the molecule is CN(CC(O)C1CC1)C(=O)c1occc1COc1ccccc1. The molecule has 0 radical (unpaired) electrons. The van der Waals surface area contributed by atoms with Crippen molar-refractivity contribution in [3.05, 3.63) is 54.0 Å². The van der Waals surface area contributed by atoms with Gasteiger partial charge in [-0.1, -0.05) is 18.2 Å². The van der Waals surface area contributed by atoms with E-state index in [9.17, 15) is 9.90 Å². The second kappa shape index (κ2) is 6.87. The number of likely N-dealkylation sites (N-methyl/N-ethyl adjacent to an activating group) is 1. The molecule has 1 N–H and O–H groups in total. The lowest BCUT2D eigenvalue weighted by molar-refractivity contribution is 0.0614. The standard InChI is InChI=1S/C18H21NO4/c1-19(11-16(20)13-7-8-13)18(21)17-14(9-10-22-17)12-23-15-5-3-2-4-6-15/h2-6,9-10,13,16,20H,7-8,11-12H2,1H3. The Morgan fingerprint density at radius 1 is 1.35 bits per heavy atom. The third-order valence-electron chi connectivity index (χ3n) is 4.05. The summed E-state index contributed by atoms with van der Waals surface area (Å²) in [6, 6.07) is 11.2. The predicted octanol–water partition coefficient (Wildman–Crippen LogP) is 2.70. The molecule has 1 aromatic carbocycles. The number of carbonyl (C=O) groups excluding carboxylic acids is 1. The fourth-order valence-electron chi connectivity index (χ4n) is 2.48. The lowest BCUT2D eigenvalue weighted by Crippen LogP contribution is -2.35. The van der Waals surface area contributed by atoms with E-state index in [1.807, 2.05) is 30.3 Å². The number of rotatable bonds is 7. The maximum absolute atomic E-state index is 12.5. The molecule has 23 heavy (non-hydrogen) atoms. The van der Waals surface area contributed by atoms with Crippen molar-refractivity contribution < 1.29 is 19.1 Å². The second-order valence-corrected chi connectivity index (χ2v) is 5.97. The van der Waals surface area contributed by atoms with Crippen LogP contribution in [0.15, 0.2) is 47.1 Å². The van der Waals surface area contributed by atoms with E-state index in [2.05, 4.69) is 0 Å². The monoisotopic (exact) mass is 315 g/mol. The number of furan rings is 1. The van der Waals surface area contributed by atoms with Gasteiger partial charge in [-0.25, -0.2) is 0 Å². The molecule has 0 aliphatic heterocycles. The summed E-state index contributed by atoms with van der Waals surface area (Å²) in [7, 11) is 1.68. The number of benzene rings is 1. The lowest BCUT2D eigenvalue weighted by atomic mass is 10.2. The van der Waals surface area contributed by atoms with Gasteiger partial charge in [0.15, 0.2) is 5.76 Å². The molecule has 2 aromatic rings. The molecule has 1 saturated carbocycles. The number of aliphatic hydroxyl groups excluding tert-OH is 1. The molecule has 0 spiro atoms. The van der Waals surface area contributed by atoms with Crippen LogP contribution in [-0.4, -0.2) is 35.6 Å². The van der Waals surface area contributed by atoms with E-state index in [1.54, 1.807) is 13.1 Å². The van der Waals surface area contributed by atoms with Crippen LogP contribution in [0.5, 0.6) is 5.75 Å². The molecule has 0 saturated heterocycles. The summed E-state index contributed by atoms with van der Waals surface area (Å²) in [5.41, 5.74) is 0.701. The number of aliphatic hydroxyl groups is 1. The summed E-state index contributed by atoms with van der Waals surface area (Å²) in [6.45, 7) is 0.587. The molecule has 1 fully saturated rings. The minimum Gasteiger partial charge on any atom is -0.489 e. The van der Waals surface area contributed by atoms with E-state index < -0.39 is 6.10 Å². The summed E-state index contributed by atoms with van der Waals surface area (Å²) in [5, 5.41) is 9.98.